The molecule has 1 unspecified atom stereocenters. The summed E-state index contributed by atoms with van der Waals surface area (Å²) in [7, 11) is -4.30. The number of carbonyl (C=O) groups excluding carboxylic acids is 2. The maximum Gasteiger partial charge on any atom is 0.457 e. The lowest BCUT2D eigenvalue weighted by atomic mass is 10.1. The van der Waals surface area contributed by atoms with Crippen molar-refractivity contribution in [3.63, 3.8) is 0 Å². The van der Waals surface area contributed by atoms with Crippen LogP contribution in [0.3, 0.4) is 0 Å². The summed E-state index contributed by atoms with van der Waals surface area (Å²) in [4.78, 5) is 29.8. The van der Waals surface area contributed by atoms with Gasteiger partial charge in [0.1, 0.15) is 29.0 Å². The van der Waals surface area contributed by atoms with Crippen LogP contribution >= 0.6 is 7.60 Å². The second kappa shape index (κ2) is 16.2. The van der Waals surface area contributed by atoms with Crippen molar-refractivity contribution in [1.29, 1.82) is 0 Å². The first-order valence-electron chi connectivity index (χ1n) is 15.8. The molecule has 12 heteroatoms. The first-order valence-corrected chi connectivity index (χ1v) is 17.4. The van der Waals surface area contributed by atoms with E-state index >= 15 is 4.57 Å². The van der Waals surface area contributed by atoms with Crippen LogP contribution in [-0.2, 0) is 9.36 Å². The monoisotopic (exact) mass is 710 g/mol. The number of rotatable bonds is 12. The van der Waals surface area contributed by atoms with E-state index in [1.807, 2.05) is 18.2 Å². The standard InChI is InChI=1S/C38H35N4O6P.ClH/c39-35(40)27-22-24-28(25-23-27)37(49(45,47-30-15-6-2-7-16-30)48-31-17-8-3-9-18-31)41-36(43)33-20-12-26-42(33)38(44)32-19-10-11-21-34(32)46-29-13-4-1-5-14-29;/h1-11,13-19,21-25,33,37H,12,20,26H2,(H3,39,40)(H,41,43);1H/t33-,37?;/m0./s1. The SMILES string of the molecule is NC(=[NH2+])c1ccc(C(NC(=O)[C@@H]2CCCN2C(=O)c2ccccc2Oc2ccccc2)P(=O)(Oc2ccccc2)Oc2ccccc2)cc1.[Cl-]. The molecule has 0 spiro atoms. The molecule has 2 amide bonds. The van der Waals surface area contributed by atoms with Gasteiger partial charge in [-0.25, -0.2) is 4.57 Å². The number of halogens is 1. The molecule has 10 nitrogen and oxygen atoms in total. The number of nitrogens with zero attached hydrogens (tertiary/aromatic N) is 1. The number of nitrogens with one attached hydrogen (secondary N) is 1. The molecule has 5 N–H and O–H groups in total. The fourth-order valence-corrected chi connectivity index (χ4v) is 7.50. The van der Waals surface area contributed by atoms with Crippen LogP contribution in [0.25, 0.3) is 0 Å². The molecule has 2 atom stereocenters. The van der Waals surface area contributed by atoms with Gasteiger partial charge in [0.2, 0.25) is 5.91 Å². The zero-order valence-corrected chi connectivity index (χ0v) is 28.6. The number of hydrogen-bond donors (Lipinski definition) is 3. The highest BCUT2D eigenvalue weighted by Gasteiger charge is 2.45. The van der Waals surface area contributed by atoms with Crippen molar-refractivity contribution in [2.45, 2.75) is 24.7 Å². The normalized spacial score (nSPS) is 14.5. The quantitative estimate of drug-likeness (QED) is 0.103. The topological polar surface area (TPSA) is 146 Å². The van der Waals surface area contributed by atoms with Crippen LogP contribution in [-0.4, -0.2) is 35.1 Å². The van der Waals surface area contributed by atoms with Gasteiger partial charge in [0.25, 0.3) is 11.7 Å². The Hall–Kier alpha value is -5.57. The Morgan fingerprint density at radius 2 is 1.28 bits per heavy atom. The van der Waals surface area contributed by atoms with Gasteiger partial charge in [0.05, 0.1) is 11.1 Å². The number of nitrogens with two attached hydrogens (primary N) is 2. The van der Waals surface area contributed by atoms with Gasteiger partial charge in [-0.2, -0.15) is 0 Å². The number of likely N-dealkylation sites (tertiary alicyclic amines) is 1. The second-order valence-electron chi connectivity index (χ2n) is 11.4. The summed E-state index contributed by atoms with van der Waals surface area (Å²) in [5.74, 6) is -0.546. The molecule has 0 saturated carbocycles. The summed E-state index contributed by atoms with van der Waals surface area (Å²) in [5.41, 5.74) is 7.11. The number of para-hydroxylation sites is 4. The molecule has 1 aliphatic rings. The van der Waals surface area contributed by atoms with Crippen LogP contribution < -0.4 is 42.7 Å². The predicted molar refractivity (Wildman–Crippen MR) is 186 cm³/mol. The third kappa shape index (κ3) is 8.34. The number of carbonyl (C=O) groups is 2. The minimum atomic E-state index is -4.30. The fourth-order valence-electron chi connectivity index (χ4n) is 5.60. The number of benzene rings is 5. The van der Waals surface area contributed by atoms with E-state index in [1.165, 1.54) is 4.90 Å². The summed E-state index contributed by atoms with van der Waals surface area (Å²) in [6.45, 7) is 0.347. The van der Waals surface area contributed by atoms with Crippen LogP contribution in [0.5, 0.6) is 23.0 Å². The molecule has 1 aliphatic heterocycles. The van der Waals surface area contributed by atoms with Crippen LogP contribution in [0.2, 0.25) is 0 Å². The molecule has 0 bridgehead atoms. The van der Waals surface area contributed by atoms with Crippen molar-refractivity contribution < 1.29 is 45.8 Å². The average molecular weight is 711 g/mol. The van der Waals surface area contributed by atoms with E-state index in [-0.39, 0.29) is 35.6 Å². The van der Waals surface area contributed by atoms with E-state index < -0.39 is 25.3 Å². The maximum absolute atomic E-state index is 15.1. The van der Waals surface area contributed by atoms with Gasteiger partial charge in [-0.05, 0) is 79.1 Å². The second-order valence-corrected chi connectivity index (χ2v) is 13.4. The van der Waals surface area contributed by atoms with Crippen LogP contribution in [0.4, 0.5) is 0 Å². The van der Waals surface area contributed by atoms with Gasteiger partial charge in [-0.1, -0.05) is 78.9 Å². The van der Waals surface area contributed by atoms with E-state index in [0.29, 0.717) is 47.6 Å². The van der Waals surface area contributed by atoms with E-state index in [9.17, 15) is 9.59 Å². The summed E-state index contributed by atoms with van der Waals surface area (Å²) in [6, 6.07) is 39.0. The molecule has 1 fully saturated rings. The van der Waals surface area contributed by atoms with E-state index in [2.05, 4.69) is 5.32 Å². The van der Waals surface area contributed by atoms with Gasteiger partial charge in [-0.3, -0.25) is 20.7 Å². The van der Waals surface area contributed by atoms with E-state index in [1.54, 1.807) is 121 Å². The maximum atomic E-state index is 15.1. The Kier molecular flexibility index (Phi) is 11.6. The first-order chi connectivity index (χ1) is 23.8. The minimum absolute atomic E-state index is 0. The van der Waals surface area contributed by atoms with Gasteiger partial charge in [0, 0.05) is 6.54 Å². The zero-order chi connectivity index (χ0) is 34.2. The van der Waals surface area contributed by atoms with Crippen molar-refractivity contribution in [2.24, 2.45) is 5.73 Å². The zero-order valence-electron chi connectivity index (χ0n) is 26.9. The Labute approximate surface area is 296 Å². The molecule has 50 heavy (non-hydrogen) atoms. The molecule has 5 aromatic rings. The highest BCUT2D eigenvalue weighted by Crippen LogP contribution is 2.59. The lowest BCUT2D eigenvalue weighted by molar-refractivity contribution is -0.125. The summed E-state index contributed by atoms with van der Waals surface area (Å²) in [5, 5.41) is 8.76. The van der Waals surface area contributed by atoms with Crippen molar-refractivity contribution in [1.82, 2.24) is 10.2 Å². The Morgan fingerprint density at radius 1 is 0.760 bits per heavy atom. The summed E-state index contributed by atoms with van der Waals surface area (Å²) >= 11 is 0. The third-order valence-electron chi connectivity index (χ3n) is 8.01. The number of ether oxygens (including phenoxy) is 1. The van der Waals surface area contributed by atoms with E-state index in [0.717, 1.165) is 0 Å². The minimum Gasteiger partial charge on any atom is -1.00 e. The molecular weight excluding hydrogens is 675 g/mol. The van der Waals surface area contributed by atoms with Crippen molar-refractivity contribution in [3.05, 3.63) is 156 Å². The largest absolute Gasteiger partial charge is 1.00 e. The molecule has 0 radical (unpaired) electrons. The van der Waals surface area contributed by atoms with Gasteiger partial charge in [-0.15, -0.1) is 0 Å². The van der Waals surface area contributed by atoms with Crippen molar-refractivity contribution >= 4 is 25.2 Å². The summed E-state index contributed by atoms with van der Waals surface area (Å²) in [6.07, 6.45) is 0.988. The number of amidine groups is 1. The average Bonchev–Trinajstić information content (AvgIpc) is 3.62. The summed E-state index contributed by atoms with van der Waals surface area (Å²) < 4.78 is 33.4. The molecule has 0 aromatic heterocycles. The molecule has 1 saturated heterocycles. The molecule has 6 rings (SSSR count). The lowest BCUT2D eigenvalue weighted by Crippen LogP contribution is -3.00. The molecule has 1 heterocycles. The van der Waals surface area contributed by atoms with E-state index in [4.69, 9.17) is 24.9 Å². The molecule has 0 aliphatic carbocycles. The number of hydrogen-bond acceptors (Lipinski definition) is 6. The van der Waals surface area contributed by atoms with Crippen molar-refractivity contribution in [2.75, 3.05) is 6.54 Å². The highest BCUT2D eigenvalue weighted by atomic mass is 35.5. The van der Waals surface area contributed by atoms with Gasteiger partial charge < -0.3 is 36.4 Å². The molecule has 5 aromatic carbocycles. The predicted octanol–water partition coefficient (Wildman–Crippen LogP) is 2.72. The molecule has 256 valence electrons. The molecular formula is C38H36ClN4O6P. The third-order valence-corrected chi connectivity index (χ3v) is 10.0. The number of amides is 2. The smallest absolute Gasteiger partial charge is 0.457 e. The van der Waals surface area contributed by atoms with Crippen LogP contribution in [0.1, 0.15) is 40.1 Å². The van der Waals surface area contributed by atoms with Gasteiger partial charge in [0.15, 0.2) is 5.78 Å². The van der Waals surface area contributed by atoms with Gasteiger partial charge >= 0.3 is 7.60 Å². The Balaban J connectivity index is 0.00000486. The van der Waals surface area contributed by atoms with Crippen LogP contribution in [0.15, 0.2) is 140 Å². The van der Waals surface area contributed by atoms with Crippen LogP contribution in [0, 0.1) is 0 Å². The Bertz CT molecular complexity index is 1920. The lowest BCUT2D eigenvalue weighted by Gasteiger charge is -2.31. The first kappa shape index (κ1) is 35.7. The van der Waals surface area contributed by atoms with Crippen molar-refractivity contribution in [3.8, 4) is 23.0 Å². The highest BCUT2D eigenvalue weighted by molar-refractivity contribution is 7.55. The Morgan fingerprint density at radius 3 is 1.84 bits per heavy atom. The fraction of sp³-hybridized carbons (Fsp3) is 0.132.